The number of nitrogens with zero attached hydrogens (tertiary/aromatic N) is 1. The lowest BCUT2D eigenvalue weighted by molar-refractivity contribution is 0.0695. The molecular weight excluding hydrogens is 202 g/mol. The van der Waals surface area contributed by atoms with Crippen LogP contribution in [0.25, 0.3) is 0 Å². The van der Waals surface area contributed by atoms with Gasteiger partial charge in [0.25, 0.3) is 0 Å². The minimum atomic E-state index is -0.845. The highest BCUT2D eigenvalue weighted by atomic mass is 16.4. The molecule has 0 saturated heterocycles. The van der Waals surface area contributed by atoms with Crippen molar-refractivity contribution in [1.82, 2.24) is 4.90 Å². The molecule has 0 amide bonds. The molecule has 0 aliphatic rings. The smallest absolute Gasteiger partial charge is 0.335 e. The number of carboxylic acids is 1. The molecule has 0 radical (unpaired) electrons. The molecule has 0 saturated carbocycles. The highest BCUT2D eigenvalue weighted by Gasteiger charge is 2.10. The van der Waals surface area contributed by atoms with Crippen LogP contribution in [0, 0.1) is 0 Å². The third-order valence-electron chi connectivity index (χ3n) is 2.86. The first-order valence-electron chi connectivity index (χ1n) is 5.53. The van der Waals surface area contributed by atoms with E-state index in [-0.39, 0.29) is 0 Å². The first kappa shape index (κ1) is 12.7. The summed E-state index contributed by atoms with van der Waals surface area (Å²) in [5.74, 6) is -0.845. The van der Waals surface area contributed by atoms with Gasteiger partial charge in [-0.3, -0.25) is 0 Å². The fourth-order valence-electron chi connectivity index (χ4n) is 1.50. The van der Waals surface area contributed by atoms with Gasteiger partial charge >= 0.3 is 5.97 Å². The summed E-state index contributed by atoms with van der Waals surface area (Å²) < 4.78 is 0. The Balaban J connectivity index is 2.70. The summed E-state index contributed by atoms with van der Waals surface area (Å²) in [6, 6.07) is 7.68. The minimum Gasteiger partial charge on any atom is -0.478 e. The number of hydrogen-bond acceptors (Lipinski definition) is 2. The maximum atomic E-state index is 11.0. The van der Waals surface area contributed by atoms with Crippen LogP contribution in [0.3, 0.4) is 0 Å². The van der Waals surface area contributed by atoms with Crippen LogP contribution in [0.1, 0.15) is 29.8 Å². The summed E-state index contributed by atoms with van der Waals surface area (Å²) in [7, 11) is 2.05. The normalized spacial score (nSPS) is 11.1. The number of benzene rings is 1. The molecule has 3 heteroatoms. The topological polar surface area (TPSA) is 40.5 Å². The SMILES string of the molecule is CC(C)N(C)CCc1ccccc1C(=O)O. The van der Waals surface area contributed by atoms with E-state index in [1.165, 1.54) is 0 Å². The quantitative estimate of drug-likeness (QED) is 0.829. The molecule has 0 aliphatic heterocycles. The average Bonchev–Trinajstić information content (AvgIpc) is 2.25. The van der Waals surface area contributed by atoms with E-state index in [2.05, 4.69) is 18.7 Å². The molecule has 1 aromatic rings. The molecule has 0 fully saturated rings. The van der Waals surface area contributed by atoms with Crippen molar-refractivity contribution in [2.75, 3.05) is 13.6 Å². The van der Waals surface area contributed by atoms with E-state index >= 15 is 0 Å². The zero-order valence-corrected chi connectivity index (χ0v) is 10.1. The minimum absolute atomic E-state index is 0.416. The molecule has 3 nitrogen and oxygen atoms in total. The van der Waals surface area contributed by atoms with Crippen LogP contribution in [0.5, 0.6) is 0 Å². The highest BCUT2D eigenvalue weighted by molar-refractivity contribution is 5.89. The van der Waals surface area contributed by atoms with Gasteiger partial charge in [0, 0.05) is 12.6 Å². The fraction of sp³-hybridized carbons (Fsp3) is 0.462. The van der Waals surface area contributed by atoms with Crippen LogP contribution >= 0.6 is 0 Å². The predicted molar refractivity (Wildman–Crippen MR) is 64.9 cm³/mol. The Morgan fingerprint density at radius 1 is 1.38 bits per heavy atom. The molecule has 16 heavy (non-hydrogen) atoms. The van der Waals surface area contributed by atoms with Crippen molar-refractivity contribution in [1.29, 1.82) is 0 Å². The van der Waals surface area contributed by atoms with Crippen molar-refractivity contribution < 1.29 is 9.90 Å². The second-order valence-electron chi connectivity index (χ2n) is 4.29. The van der Waals surface area contributed by atoms with Gasteiger partial charge in [-0.2, -0.15) is 0 Å². The molecule has 1 N–H and O–H groups in total. The van der Waals surface area contributed by atoms with Crippen molar-refractivity contribution in [2.45, 2.75) is 26.3 Å². The van der Waals surface area contributed by atoms with E-state index in [1.807, 2.05) is 19.2 Å². The van der Waals surface area contributed by atoms with Gasteiger partial charge in [0.2, 0.25) is 0 Å². The highest BCUT2D eigenvalue weighted by Crippen LogP contribution is 2.10. The van der Waals surface area contributed by atoms with Gasteiger partial charge in [-0.15, -0.1) is 0 Å². The van der Waals surface area contributed by atoms with E-state index in [0.29, 0.717) is 11.6 Å². The molecule has 0 aliphatic carbocycles. The maximum absolute atomic E-state index is 11.0. The first-order valence-corrected chi connectivity index (χ1v) is 5.53. The van der Waals surface area contributed by atoms with Crippen molar-refractivity contribution in [3.8, 4) is 0 Å². The number of rotatable bonds is 5. The van der Waals surface area contributed by atoms with Gasteiger partial charge in [-0.1, -0.05) is 18.2 Å². The van der Waals surface area contributed by atoms with E-state index in [0.717, 1.165) is 18.5 Å². The lowest BCUT2D eigenvalue weighted by Gasteiger charge is -2.21. The average molecular weight is 221 g/mol. The maximum Gasteiger partial charge on any atom is 0.335 e. The zero-order chi connectivity index (χ0) is 12.1. The molecule has 88 valence electrons. The number of hydrogen-bond donors (Lipinski definition) is 1. The Morgan fingerprint density at radius 2 is 2.00 bits per heavy atom. The van der Waals surface area contributed by atoms with Crippen LogP contribution in [0.15, 0.2) is 24.3 Å². The summed E-state index contributed by atoms with van der Waals surface area (Å²) in [6.07, 6.45) is 0.775. The first-order chi connectivity index (χ1) is 7.52. The standard InChI is InChI=1S/C13H19NO2/c1-10(2)14(3)9-8-11-6-4-5-7-12(11)13(15)16/h4-7,10H,8-9H2,1-3H3,(H,15,16). The van der Waals surface area contributed by atoms with Crippen LogP contribution in [-0.2, 0) is 6.42 Å². The summed E-state index contributed by atoms with van der Waals surface area (Å²) in [6.45, 7) is 5.13. The van der Waals surface area contributed by atoms with Gasteiger partial charge in [0.1, 0.15) is 0 Å². The second kappa shape index (κ2) is 5.66. The van der Waals surface area contributed by atoms with E-state index in [4.69, 9.17) is 5.11 Å². The Hall–Kier alpha value is -1.35. The molecule has 0 unspecified atom stereocenters. The largest absolute Gasteiger partial charge is 0.478 e. The second-order valence-corrected chi connectivity index (χ2v) is 4.29. The molecule has 0 spiro atoms. The third-order valence-corrected chi connectivity index (χ3v) is 2.86. The predicted octanol–water partition coefficient (Wildman–Crippen LogP) is 2.27. The zero-order valence-electron chi connectivity index (χ0n) is 10.1. The number of carboxylic acid groups (broad SMARTS) is 1. The van der Waals surface area contributed by atoms with Gasteiger partial charge in [-0.25, -0.2) is 4.79 Å². The van der Waals surface area contributed by atoms with Crippen LogP contribution < -0.4 is 0 Å². The molecule has 1 aromatic carbocycles. The Bertz CT molecular complexity index is 361. The lowest BCUT2D eigenvalue weighted by atomic mass is 10.0. The van der Waals surface area contributed by atoms with E-state index in [9.17, 15) is 4.79 Å². The van der Waals surface area contributed by atoms with E-state index in [1.54, 1.807) is 12.1 Å². The van der Waals surface area contributed by atoms with Crippen molar-refractivity contribution in [3.05, 3.63) is 35.4 Å². The van der Waals surface area contributed by atoms with Crippen LogP contribution in [0.2, 0.25) is 0 Å². The molecular formula is C13H19NO2. The summed E-state index contributed by atoms with van der Waals surface area (Å²) in [5, 5.41) is 9.03. The number of aromatic carboxylic acids is 1. The molecule has 0 bridgehead atoms. The molecule has 0 heterocycles. The number of likely N-dealkylation sites (N-methyl/N-ethyl adjacent to an activating group) is 1. The molecule has 1 rings (SSSR count). The van der Waals surface area contributed by atoms with Crippen molar-refractivity contribution >= 4 is 5.97 Å². The lowest BCUT2D eigenvalue weighted by Crippen LogP contribution is -2.28. The van der Waals surface area contributed by atoms with Gasteiger partial charge < -0.3 is 10.0 Å². The summed E-state index contributed by atoms with van der Waals surface area (Å²) >= 11 is 0. The monoisotopic (exact) mass is 221 g/mol. The van der Waals surface area contributed by atoms with Gasteiger partial charge in [0.15, 0.2) is 0 Å². The Morgan fingerprint density at radius 3 is 2.56 bits per heavy atom. The number of carbonyl (C=O) groups is 1. The Kier molecular flexibility index (Phi) is 4.50. The van der Waals surface area contributed by atoms with Crippen molar-refractivity contribution in [2.24, 2.45) is 0 Å². The summed E-state index contributed by atoms with van der Waals surface area (Å²) in [4.78, 5) is 13.2. The van der Waals surface area contributed by atoms with Gasteiger partial charge in [0.05, 0.1) is 5.56 Å². The fourth-order valence-corrected chi connectivity index (χ4v) is 1.50. The summed E-state index contributed by atoms with van der Waals surface area (Å²) in [5.41, 5.74) is 1.32. The van der Waals surface area contributed by atoms with Crippen molar-refractivity contribution in [3.63, 3.8) is 0 Å². The van der Waals surface area contributed by atoms with Gasteiger partial charge in [-0.05, 0) is 38.9 Å². The van der Waals surface area contributed by atoms with Crippen LogP contribution in [-0.4, -0.2) is 35.6 Å². The molecule has 0 aromatic heterocycles. The van der Waals surface area contributed by atoms with Crippen LogP contribution in [0.4, 0.5) is 0 Å². The molecule has 0 atom stereocenters. The third kappa shape index (κ3) is 3.35. The van der Waals surface area contributed by atoms with E-state index < -0.39 is 5.97 Å². The Labute approximate surface area is 96.7 Å².